The van der Waals surface area contributed by atoms with Crippen LogP contribution in [0.25, 0.3) is 11.3 Å². The molecule has 5 nitrogen and oxygen atoms in total. The van der Waals surface area contributed by atoms with E-state index in [-0.39, 0.29) is 40.0 Å². The van der Waals surface area contributed by atoms with Crippen LogP contribution in [0.2, 0.25) is 0 Å². The number of ether oxygens (including phenoxy) is 1. The van der Waals surface area contributed by atoms with Crippen LogP contribution < -0.4 is 9.64 Å². The van der Waals surface area contributed by atoms with Crippen LogP contribution in [0.4, 0.5) is 37.6 Å². The minimum absolute atomic E-state index is 0.0996. The van der Waals surface area contributed by atoms with Gasteiger partial charge in [0.1, 0.15) is 11.3 Å². The van der Waals surface area contributed by atoms with E-state index < -0.39 is 29.5 Å². The molecule has 0 saturated carbocycles. The maximum absolute atomic E-state index is 13.9. The topological polar surface area (TPSA) is 62.7 Å². The van der Waals surface area contributed by atoms with Crippen LogP contribution in [0.3, 0.4) is 0 Å². The van der Waals surface area contributed by atoms with E-state index in [2.05, 4.69) is 4.98 Å². The van der Waals surface area contributed by atoms with Crippen molar-refractivity contribution in [2.24, 2.45) is 0 Å². The number of amides is 1. The lowest BCUT2D eigenvalue weighted by Crippen LogP contribution is -2.25. The Hall–Kier alpha value is -3.21. The highest BCUT2D eigenvalue weighted by molar-refractivity contribution is 7.14. The number of nitrogens with zero attached hydrogens (tertiary/aromatic N) is 2. The number of aromatic nitrogens is 1. The van der Waals surface area contributed by atoms with Crippen molar-refractivity contribution >= 4 is 28.2 Å². The van der Waals surface area contributed by atoms with Crippen LogP contribution in [-0.4, -0.2) is 22.8 Å². The van der Waals surface area contributed by atoms with Crippen LogP contribution in [0.5, 0.6) is 5.75 Å². The van der Waals surface area contributed by atoms with Crippen LogP contribution in [-0.2, 0) is 6.18 Å². The van der Waals surface area contributed by atoms with Crippen molar-refractivity contribution < 1.29 is 36.6 Å². The van der Waals surface area contributed by atoms with Crippen molar-refractivity contribution in [2.75, 3.05) is 11.5 Å². The van der Waals surface area contributed by atoms with E-state index in [9.17, 15) is 31.9 Å². The molecule has 3 rings (SSSR count). The molecule has 0 fully saturated rings. The number of alkyl halides is 3. The Morgan fingerprint density at radius 3 is 2.50 bits per heavy atom. The van der Waals surface area contributed by atoms with E-state index in [1.807, 2.05) is 6.92 Å². The molecule has 0 aliphatic rings. The van der Waals surface area contributed by atoms with Gasteiger partial charge in [-0.15, -0.1) is 11.3 Å². The van der Waals surface area contributed by atoms with Gasteiger partial charge in [0.2, 0.25) is 0 Å². The van der Waals surface area contributed by atoms with E-state index >= 15 is 0 Å². The molecule has 3 aromatic rings. The van der Waals surface area contributed by atoms with Crippen molar-refractivity contribution in [1.29, 1.82) is 0 Å². The fraction of sp³-hybridized carbons (Fsp3) is 0.304. The Bertz CT molecular complexity index is 1180. The van der Waals surface area contributed by atoms with Crippen LogP contribution in [0.1, 0.15) is 37.3 Å². The lowest BCUT2D eigenvalue weighted by atomic mass is 10.0. The van der Waals surface area contributed by atoms with E-state index in [0.29, 0.717) is 11.3 Å². The van der Waals surface area contributed by atoms with Crippen LogP contribution >= 0.6 is 11.3 Å². The second-order valence-corrected chi connectivity index (χ2v) is 8.23. The predicted octanol–water partition coefficient (Wildman–Crippen LogP) is 7.80. The molecule has 0 spiro atoms. The van der Waals surface area contributed by atoms with E-state index in [1.54, 1.807) is 0 Å². The molecule has 0 radical (unpaired) electrons. The number of hydrogen-bond donors (Lipinski definition) is 1. The molecule has 1 heterocycles. The number of carboxylic acid groups (broad SMARTS) is 1. The van der Waals surface area contributed by atoms with E-state index in [0.717, 1.165) is 49.3 Å². The van der Waals surface area contributed by atoms with Gasteiger partial charge >= 0.3 is 12.3 Å². The molecular formula is C23H21F5N2O3S. The molecule has 0 unspecified atom stereocenters. The van der Waals surface area contributed by atoms with Gasteiger partial charge in [0.05, 0.1) is 18.0 Å². The minimum atomic E-state index is -4.79. The van der Waals surface area contributed by atoms with Gasteiger partial charge in [-0.25, -0.2) is 23.5 Å². The van der Waals surface area contributed by atoms with Gasteiger partial charge < -0.3 is 9.84 Å². The summed E-state index contributed by atoms with van der Waals surface area (Å²) in [6.45, 7) is 3.22. The van der Waals surface area contributed by atoms with Crippen LogP contribution in [0, 0.1) is 18.6 Å². The fourth-order valence-corrected chi connectivity index (χ4v) is 4.21. The molecule has 0 atom stereocenters. The molecular weight excluding hydrogens is 479 g/mol. The lowest BCUT2D eigenvalue weighted by Gasteiger charge is -2.23. The fourth-order valence-electron chi connectivity index (χ4n) is 3.37. The zero-order valence-electron chi connectivity index (χ0n) is 18.2. The molecule has 0 aliphatic carbocycles. The average Bonchev–Trinajstić information content (AvgIpc) is 3.23. The molecule has 1 N–H and O–H groups in total. The van der Waals surface area contributed by atoms with Crippen molar-refractivity contribution in [2.45, 2.75) is 39.3 Å². The first-order valence-corrected chi connectivity index (χ1v) is 11.2. The Morgan fingerprint density at radius 1 is 1.15 bits per heavy atom. The van der Waals surface area contributed by atoms with Gasteiger partial charge in [-0.1, -0.05) is 19.8 Å². The average molecular weight is 500 g/mol. The highest BCUT2D eigenvalue weighted by atomic mass is 32.1. The first-order valence-electron chi connectivity index (χ1n) is 10.3. The predicted molar refractivity (Wildman–Crippen MR) is 119 cm³/mol. The van der Waals surface area contributed by atoms with E-state index in [1.165, 1.54) is 17.5 Å². The molecule has 0 bridgehead atoms. The molecule has 1 amide bonds. The maximum Gasteiger partial charge on any atom is 0.420 e. The Labute approximate surface area is 196 Å². The molecule has 0 aliphatic heterocycles. The SMILES string of the molecule is CCCCCOc1ccc(N(C(=O)O)c2nc(-c3ccc(F)c(F)c3)cs2)c(C)c1C(F)(F)F. The molecule has 1 aromatic heterocycles. The normalized spacial score (nSPS) is 11.5. The molecule has 0 saturated heterocycles. The largest absolute Gasteiger partial charge is 0.493 e. The van der Waals surface area contributed by atoms with Gasteiger partial charge in [0.25, 0.3) is 0 Å². The Morgan fingerprint density at radius 2 is 1.88 bits per heavy atom. The first-order chi connectivity index (χ1) is 16.0. The zero-order valence-corrected chi connectivity index (χ0v) is 19.1. The maximum atomic E-state index is 13.9. The monoisotopic (exact) mass is 500 g/mol. The summed E-state index contributed by atoms with van der Waals surface area (Å²) in [7, 11) is 0. The highest BCUT2D eigenvalue weighted by Gasteiger charge is 2.38. The van der Waals surface area contributed by atoms with Gasteiger partial charge in [-0.3, -0.25) is 0 Å². The summed E-state index contributed by atoms with van der Waals surface area (Å²) in [6, 6.07) is 5.39. The van der Waals surface area contributed by atoms with Crippen molar-refractivity contribution in [3.8, 4) is 17.0 Å². The van der Waals surface area contributed by atoms with Crippen molar-refractivity contribution in [3.05, 3.63) is 58.5 Å². The second kappa shape index (κ2) is 10.4. The smallest absolute Gasteiger partial charge is 0.420 e. The summed E-state index contributed by atoms with van der Waals surface area (Å²) in [6.07, 6.45) is -4.08. The third kappa shape index (κ3) is 5.46. The zero-order chi connectivity index (χ0) is 25.0. The van der Waals surface area contributed by atoms with E-state index in [4.69, 9.17) is 4.74 Å². The lowest BCUT2D eigenvalue weighted by molar-refractivity contribution is -0.139. The summed E-state index contributed by atoms with van der Waals surface area (Å²) in [5.74, 6) is -2.54. The third-order valence-electron chi connectivity index (χ3n) is 5.02. The number of halogens is 5. The third-order valence-corrected chi connectivity index (χ3v) is 5.84. The Balaban J connectivity index is 2.03. The standard InChI is InChI=1S/C23H21F5N2O3S/c1-3-4-5-10-33-19-9-8-18(13(2)20(19)23(26,27)28)30(22(31)32)21-29-17(12-34-21)14-6-7-15(24)16(25)11-14/h6-9,11-12H,3-5,10H2,1-2H3,(H,31,32). The highest BCUT2D eigenvalue weighted by Crippen LogP contribution is 2.44. The minimum Gasteiger partial charge on any atom is -0.493 e. The number of thiazole rings is 1. The van der Waals surface area contributed by atoms with Gasteiger partial charge in [-0.2, -0.15) is 13.2 Å². The summed E-state index contributed by atoms with van der Waals surface area (Å²) in [5.41, 5.74) is -1.31. The molecule has 34 heavy (non-hydrogen) atoms. The first kappa shape index (κ1) is 25.4. The van der Waals surface area contributed by atoms with Gasteiger partial charge in [0.15, 0.2) is 16.8 Å². The van der Waals surface area contributed by atoms with Crippen molar-refractivity contribution in [3.63, 3.8) is 0 Å². The van der Waals surface area contributed by atoms with Gasteiger partial charge in [-0.05, 0) is 49.2 Å². The second-order valence-electron chi connectivity index (χ2n) is 7.40. The molecule has 11 heteroatoms. The number of hydrogen-bond acceptors (Lipinski definition) is 4. The summed E-state index contributed by atoms with van der Waals surface area (Å²) in [4.78, 5) is 16.8. The Kier molecular flexibility index (Phi) is 7.75. The number of anilines is 2. The van der Waals surface area contributed by atoms with Crippen molar-refractivity contribution in [1.82, 2.24) is 4.98 Å². The van der Waals surface area contributed by atoms with Crippen LogP contribution in [0.15, 0.2) is 35.7 Å². The summed E-state index contributed by atoms with van der Waals surface area (Å²) < 4.78 is 73.9. The number of carbonyl (C=O) groups is 1. The number of benzene rings is 2. The number of rotatable bonds is 8. The summed E-state index contributed by atoms with van der Waals surface area (Å²) >= 11 is 0.837. The molecule has 2 aromatic carbocycles. The molecule has 182 valence electrons. The quantitative estimate of drug-likeness (QED) is 0.253. The summed E-state index contributed by atoms with van der Waals surface area (Å²) in [5, 5.41) is 11.1. The van der Waals surface area contributed by atoms with Gasteiger partial charge in [0, 0.05) is 10.9 Å². The number of unbranched alkanes of at least 4 members (excludes halogenated alkanes) is 2.